The molecule has 0 unspecified atom stereocenters. The van der Waals surface area contributed by atoms with Crippen LogP contribution in [0.1, 0.15) is 46.5 Å². The summed E-state index contributed by atoms with van der Waals surface area (Å²) in [5.74, 6) is -0.908. The first-order valence-corrected chi connectivity index (χ1v) is 11.4. The van der Waals surface area contributed by atoms with Gasteiger partial charge in [-0.25, -0.2) is 4.98 Å². The van der Waals surface area contributed by atoms with Crippen molar-refractivity contribution >= 4 is 5.91 Å². The summed E-state index contributed by atoms with van der Waals surface area (Å²) < 4.78 is 13.9. The molecule has 3 N–H and O–H groups in total. The molecule has 2 heterocycles. The van der Waals surface area contributed by atoms with Crippen molar-refractivity contribution < 1.29 is 19.4 Å². The van der Waals surface area contributed by atoms with Gasteiger partial charge in [-0.3, -0.25) is 9.78 Å². The molecule has 180 valence electrons. The van der Waals surface area contributed by atoms with Gasteiger partial charge in [0.05, 0.1) is 19.3 Å². The number of aromatic nitrogens is 2. The summed E-state index contributed by atoms with van der Waals surface area (Å²) in [5, 5.41) is 23.1. The Morgan fingerprint density at radius 3 is 2.56 bits per heavy atom. The number of aliphatic hydroxyl groups excluding tert-OH is 2. The summed E-state index contributed by atoms with van der Waals surface area (Å²) in [5.41, 5.74) is 2.59. The monoisotopic (exact) mass is 466 g/mol. The first kappa shape index (κ1) is 25.4. The van der Waals surface area contributed by atoms with Crippen molar-refractivity contribution in [2.45, 2.75) is 38.5 Å². The summed E-state index contributed by atoms with van der Waals surface area (Å²) in [6, 6.07) is 14.3. The number of aliphatic hydroxyl groups is 2. The molecule has 0 aliphatic carbocycles. The highest BCUT2D eigenvalue weighted by Crippen LogP contribution is 2.15. The first-order chi connectivity index (χ1) is 16.5. The lowest BCUT2D eigenvalue weighted by Gasteiger charge is -2.22. The van der Waals surface area contributed by atoms with E-state index in [1.807, 2.05) is 18.2 Å². The second kappa shape index (κ2) is 12.9. The average molecular weight is 467 g/mol. The van der Waals surface area contributed by atoms with E-state index >= 15 is 0 Å². The van der Waals surface area contributed by atoms with Gasteiger partial charge in [0.2, 0.25) is 5.95 Å². The molecule has 2 atom stereocenters. The molecule has 2 aromatic heterocycles. The zero-order valence-corrected chi connectivity index (χ0v) is 19.3. The first-order valence-electron chi connectivity index (χ1n) is 11.4. The van der Waals surface area contributed by atoms with E-state index in [0.29, 0.717) is 17.7 Å². The van der Waals surface area contributed by atoms with Crippen molar-refractivity contribution in [3.63, 3.8) is 0 Å². The van der Waals surface area contributed by atoms with Crippen molar-refractivity contribution in [2.24, 2.45) is 0 Å². The Morgan fingerprint density at radius 1 is 1.15 bits per heavy atom. The standard InChI is InChI=1S/C26H31FN4O3/c1-2-23(30-17-24(33)21-5-3-11-28-16-21)15-19-7-9-20(10-8-19)26(34)31(13-14-32)18-22-6-4-12-29-25(22)27/h3-12,16,23-24,30,32-33H,2,13-15,17-18H2,1H3/t23-,24-/m0/s1. The fourth-order valence-electron chi connectivity index (χ4n) is 3.70. The Hall–Kier alpha value is -3.20. The van der Waals surface area contributed by atoms with Crippen LogP contribution in [0, 0.1) is 5.95 Å². The van der Waals surface area contributed by atoms with Gasteiger partial charge in [-0.2, -0.15) is 4.39 Å². The average Bonchev–Trinajstić information content (AvgIpc) is 2.87. The van der Waals surface area contributed by atoms with Crippen LogP contribution in [0.2, 0.25) is 0 Å². The molecular weight excluding hydrogens is 435 g/mol. The number of nitrogens with one attached hydrogen (secondary N) is 1. The molecule has 0 radical (unpaired) electrons. The zero-order valence-electron chi connectivity index (χ0n) is 19.3. The maximum atomic E-state index is 13.9. The minimum atomic E-state index is -0.634. The van der Waals surface area contributed by atoms with Crippen molar-refractivity contribution in [3.05, 3.63) is 95.3 Å². The third kappa shape index (κ3) is 7.15. The van der Waals surface area contributed by atoms with Crippen LogP contribution in [-0.2, 0) is 13.0 Å². The molecule has 0 spiro atoms. The number of benzene rings is 1. The Labute approximate surface area is 199 Å². The Kier molecular flexibility index (Phi) is 9.63. The summed E-state index contributed by atoms with van der Waals surface area (Å²) in [6.07, 6.45) is 5.67. The molecule has 0 aliphatic heterocycles. The molecule has 0 saturated heterocycles. The molecule has 0 aliphatic rings. The van der Waals surface area contributed by atoms with Crippen LogP contribution in [0.4, 0.5) is 4.39 Å². The van der Waals surface area contributed by atoms with E-state index in [1.54, 1.807) is 42.7 Å². The number of pyridine rings is 2. The molecule has 8 heteroatoms. The van der Waals surface area contributed by atoms with Crippen molar-refractivity contribution in [1.82, 2.24) is 20.2 Å². The summed E-state index contributed by atoms with van der Waals surface area (Å²) in [4.78, 5) is 22.1. The lowest BCUT2D eigenvalue weighted by atomic mass is 10.0. The largest absolute Gasteiger partial charge is 0.395 e. The topological polar surface area (TPSA) is 98.6 Å². The maximum absolute atomic E-state index is 13.9. The maximum Gasteiger partial charge on any atom is 0.254 e. The van der Waals surface area contributed by atoms with Gasteiger partial charge in [-0.1, -0.05) is 31.2 Å². The molecule has 1 aromatic carbocycles. The van der Waals surface area contributed by atoms with Gasteiger partial charge in [-0.15, -0.1) is 0 Å². The number of carbonyl (C=O) groups excluding carboxylic acids is 1. The fourth-order valence-corrected chi connectivity index (χ4v) is 3.70. The molecule has 3 aromatic rings. The highest BCUT2D eigenvalue weighted by atomic mass is 19.1. The number of amides is 1. The summed E-state index contributed by atoms with van der Waals surface area (Å²) in [7, 11) is 0. The van der Waals surface area contributed by atoms with E-state index in [1.165, 1.54) is 11.1 Å². The highest BCUT2D eigenvalue weighted by molar-refractivity contribution is 5.94. The third-order valence-corrected chi connectivity index (χ3v) is 5.70. The second-order valence-electron chi connectivity index (χ2n) is 8.12. The molecule has 7 nitrogen and oxygen atoms in total. The van der Waals surface area contributed by atoms with Crippen LogP contribution >= 0.6 is 0 Å². The molecule has 3 rings (SSSR count). The normalized spacial score (nSPS) is 12.8. The van der Waals surface area contributed by atoms with Crippen LogP contribution < -0.4 is 5.32 Å². The van der Waals surface area contributed by atoms with E-state index < -0.39 is 12.1 Å². The number of halogens is 1. The van der Waals surface area contributed by atoms with Crippen molar-refractivity contribution in [3.8, 4) is 0 Å². The zero-order chi connectivity index (χ0) is 24.3. The van der Waals surface area contributed by atoms with Gasteiger partial charge in [0.15, 0.2) is 0 Å². The third-order valence-electron chi connectivity index (χ3n) is 5.70. The number of hydrogen-bond donors (Lipinski definition) is 3. The van der Waals surface area contributed by atoms with E-state index in [9.17, 15) is 19.4 Å². The van der Waals surface area contributed by atoms with Gasteiger partial charge in [0.25, 0.3) is 5.91 Å². The summed E-state index contributed by atoms with van der Waals surface area (Å²) >= 11 is 0. The minimum Gasteiger partial charge on any atom is -0.395 e. The fraction of sp³-hybridized carbons (Fsp3) is 0.346. The van der Waals surface area contributed by atoms with E-state index in [4.69, 9.17) is 0 Å². The predicted octanol–water partition coefficient (Wildman–Crippen LogP) is 2.89. The Morgan fingerprint density at radius 2 is 1.91 bits per heavy atom. The van der Waals surface area contributed by atoms with Crippen LogP contribution in [0.3, 0.4) is 0 Å². The molecule has 1 amide bonds. The molecule has 0 bridgehead atoms. The van der Waals surface area contributed by atoms with Gasteiger partial charge in [0.1, 0.15) is 0 Å². The molecular formula is C26H31FN4O3. The van der Waals surface area contributed by atoms with Gasteiger partial charge in [0, 0.05) is 54.4 Å². The number of hydrogen-bond acceptors (Lipinski definition) is 6. The van der Waals surface area contributed by atoms with Crippen molar-refractivity contribution in [1.29, 1.82) is 0 Å². The van der Waals surface area contributed by atoms with Crippen molar-refractivity contribution in [2.75, 3.05) is 19.7 Å². The lowest BCUT2D eigenvalue weighted by Crippen LogP contribution is -2.34. The molecule has 34 heavy (non-hydrogen) atoms. The molecule has 0 saturated carbocycles. The number of carbonyl (C=O) groups is 1. The highest BCUT2D eigenvalue weighted by Gasteiger charge is 2.18. The van der Waals surface area contributed by atoms with Gasteiger partial charge < -0.3 is 20.4 Å². The van der Waals surface area contributed by atoms with E-state index in [2.05, 4.69) is 22.2 Å². The summed E-state index contributed by atoms with van der Waals surface area (Å²) in [6.45, 7) is 2.40. The van der Waals surface area contributed by atoms with E-state index in [0.717, 1.165) is 24.0 Å². The van der Waals surface area contributed by atoms with Gasteiger partial charge in [-0.05, 0) is 42.7 Å². The minimum absolute atomic E-state index is 0.0297. The number of nitrogens with zero attached hydrogens (tertiary/aromatic N) is 3. The van der Waals surface area contributed by atoms with Crippen LogP contribution in [0.25, 0.3) is 0 Å². The second-order valence-corrected chi connectivity index (χ2v) is 8.12. The van der Waals surface area contributed by atoms with Crippen LogP contribution in [0.15, 0.2) is 67.1 Å². The Bertz CT molecular complexity index is 1030. The SMILES string of the molecule is CC[C@@H](Cc1ccc(C(=O)N(CCO)Cc2cccnc2F)cc1)NC[C@H](O)c1cccnc1. The molecule has 0 fully saturated rings. The van der Waals surface area contributed by atoms with Gasteiger partial charge >= 0.3 is 0 Å². The Balaban J connectivity index is 1.59. The van der Waals surface area contributed by atoms with E-state index in [-0.39, 0.29) is 31.6 Å². The number of rotatable bonds is 12. The van der Waals surface area contributed by atoms with Crippen LogP contribution in [0.5, 0.6) is 0 Å². The lowest BCUT2D eigenvalue weighted by molar-refractivity contribution is 0.0705. The predicted molar refractivity (Wildman–Crippen MR) is 127 cm³/mol. The smallest absolute Gasteiger partial charge is 0.254 e. The van der Waals surface area contributed by atoms with Crippen LogP contribution in [-0.4, -0.2) is 56.7 Å². The quantitative estimate of drug-likeness (QED) is 0.355.